The van der Waals surface area contributed by atoms with Crippen LogP contribution in [0.15, 0.2) is 15.9 Å². The zero-order valence-electron chi connectivity index (χ0n) is 12.5. The molecule has 1 unspecified atom stereocenters. The highest BCUT2D eigenvalue weighted by molar-refractivity contribution is 9.10. The van der Waals surface area contributed by atoms with Gasteiger partial charge in [-0.15, -0.1) is 11.3 Å². The highest BCUT2D eigenvalue weighted by atomic mass is 79.9. The Morgan fingerprint density at radius 2 is 2.00 bits per heavy atom. The van der Waals surface area contributed by atoms with Gasteiger partial charge in [-0.3, -0.25) is 0 Å². The Hall–Kier alpha value is 0.1000. The van der Waals surface area contributed by atoms with E-state index in [2.05, 4.69) is 60.4 Å². The average molecular weight is 348 g/mol. The number of hydrogen-bond donors (Lipinski definition) is 1. The molecule has 0 fully saturated rings. The molecule has 0 aliphatic rings. The summed E-state index contributed by atoms with van der Waals surface area (Å²) >= 11 is 5.45. The first-order chi connectivity index (χ1) is 9.13. The van der Waals surface area contributed by atoms with Gasteiger partial charge in [-0.25, -0.2) is 0 Å². The molecular weight excluding hydrogens is 322 g/mol. The largest absolute Gasteiger partial charge is 0.374 e. The lowest BCUT2D eigenvalue weighted by molar-refractivity contribution is -0.0714. The molecule has 19 heavy (non-hydrogen) atoms. The van der Waals surface area contributed by atoms with Crippen LogP contribution in [0.1, 0.15) is 45.4 Å². The van der Waals surface area contributed by atoms with Crippen molar-refractivity contribution < 1.29 is 4.74 Å². The van der Waals surface area contributed by atoms with Gasteiger partial charge in [-0.1, -0.05) is 20.8 Å². The summed E-state index contributed by atoms with van der Waals surface area (Å²) in [5.41, 5.74) is -0.0613. The first-order valence-corrected chi connectivity index (χ1v) is 8.89. The van der Waals surface area contributed by atoms with Gasteiger partial charge in [-0.2, -0.15) is 0 Å². The molecule has 0 aliphatic carbocycles. The first-order valence-electron chi connectivity index (χ1n) is 7.22. The van der Waals surface area contributed by atoms with E-state index in [0.29, 0.717) is 6.04 Å². The number of hydrogen-bond acceptors (Lipinski definition) is 3. The summed E-state index contributed by atoms with van der Waals surface area (Å²) in [6.45, 7) is 10.5. The number of thiophene rings is 1. The quantitative estimate of drug-likeness (QED) is 0.703. The van der Waals surface area contributed by atoms with Gasteiger partial charge in [0.25, 0.3) is 0 Å². The van der Waals surface area contributed by atoms with Crippen LogP contribution in [0.2, 0.25) is 0 Å². The molecule has 1 heterocycles. The molecule has 1 rings (SSSR count). The van der Waals surface area contributed by atoms with Gasteiger partial charge in [0.05, 0.1) is 5.60 Å². The molecular formula is C15H26BrNOS. The van der Waals surface area contributed by atoms with Crippen molar-refractivity contribution in [2.24, 2.45) is 0 Å². The molecule has 4 heteroatoms. The maximum Gasteiger partial charge on any atom is 0.0832 e. The molecule has 1 aromatic heterocycles. The van der Waals surface area contributed by atoms with E-state index in [-0.39, 0.29) is 5.60 Å². The van der Waals surface area contributed by atoms with Crippen LogP contribution >= 0.6 is 27.3 Å². The Bertz CT molecular complexity index is 363. The van der Waals surface area contributed by atoms with Crippen LogP contribution in [0.5, 0.6) is 0 Å². The van der Waals surface area contributed by atoms with E-state index in [1.165, 1.54) is 9.35 Å². The summed E-state index contributed by atoms with van der Waals surface area (Å²) in [7, 11) is 0. The molecule has 0 amide bonds. The fraction of sp³-hybridized carbons (Fsp3) is 0.733. The monoisotopic (exact) mass is 347 g/mol. The molecule has 0 saturated heterocycles. The van der Waals surface area contributed by atoms with Gasteiger partial charge < -0.3 is 10.1 Å². The van der Waals surface area contributed by atoms with Gasteiger partial charge in [0, 0.05) is 28.4 Å². The number of rotatable bonds is 9. The van der Waals surface area contributed by atoms with Gasteiger partial charge in [0.1, 0.15) is 0 Å². The lowest BCUT2D eigenvalue weighted by Crippen LogP contribution is -2.53. The standard InChI is InChI=1S/C15H26BrNOS/c1-5-15(6-2,18-8-4)14(17-7-3)11-13-12(16)9-10-19-13/h9-10,14,17H,5-8,11H2,1-4H3. The predicted octanol–water partition coefficient (Wildman–Crippen LogP) is 4.63. The third-order valence-corrected chi connectivity index (χ3v) is 5.74. The van der Waals surface area contributed by atoms with Crippen LogP contribution in [0.25, 0.3) is 0 Å². The maximum atomic E-state index is 6.16. The highest BCUT2D eigenvalue weighted by Crippen LogP contribution is 2.31. The van der Waals surface area contributed by atoms with Crippen molar-refractivity contribution >= 4 is 27.3 Å². The Kier molecular flexibility index (Phi) is 7.58. The van der Waals surface area contributed by atoms with Crippen LogP contribution in [-0.4, -0.2) is 24.8 Å². The van der Waals surface area contributed by atoms with Crippen molar-refractivity contribution in [1.29, 1.82) is 0 Å². The van der Waals surface area contributed by atoms with Crippen molar-refractivity contribution in [3.05, 3.63) is 20.8 Å². The number of ether oxygens (including phenoxy) is 1. The maximum absolute atomic E-state index is 6.16. The van der Waals surface area contributed by atoms with Crippen LogP contribution in [-0.2, 0) is 11.2 Å². The molecule has 0 saturated carbocycles. The third-order valence-electron chi connectivity index (χ3n) is 3.79. The SMILES string of the molecule is CCNC(Cc1sccc1Br)C(CC)(CC)OCC. The summed E-state index contributed by atoms with van der Waals surface area (Å²) in [6.07, 6.45) is 3.10. The van der Waals surface area contributed by atoms with E-state index in [4.69, 9.17) is 4.74 Å². The Balaban J connectivity index is 2.93. The van der Waals surface area contributed by atoms with E-state index in [1.54, 1.807) is 0 Å². The minimum atomic E-state index is -0.0613. The molecule has 0 spiro atoms. The highest BCUT2D eigenvalue weighted by Gasteiger charge is 2.36. The number of nitrogens with one attached hydrogen (secondary N) is 1. The summed E-state index contributed by atoms with van der Waals surface area (Å²) in [5.74, 6) is 0. The van der Waals surface area contributed by atoms with Crippen LogP contribution in [0.3, 0.4) is 0 Å². The van der Waals surface area contributed by atoms with Crippen molar-refractivity contribution in [1.82, 2.24) is 5.32 Å². The smallest absolute Gasteiger partial charge is 0.0832 e. The minimum absolute atomic E-state index is 0.0613. The summed E-state index contributed by atoms with van der Waals surface area (Å²) in [4.78, 5) is 1.40. The van der Waals surface area contributed by atoms with E-state index in [0.717, 1.165) is 32.4 Å². The summed E-state index contributed by atoms with van der Waals surface area (Å²) in [5, 5.41) is 5.78. The summed E-state index contributed by atoms with van der Waals surface area (Å²) in [6, 6.07) is 2.49. The minimum Gasteiger partial charge on any atom is -0.374 e. The van der Waals surface area contributed by atoms with E-state index in [9.17, 15) is 0 Å². The Labute approximate surface area is 130 Å². The Morgan fingerprint density at radius 1 is 1.32 bits per heavy atom. The second-order valence-electron chi connectivity index (χ2n) is 4.71. The first kappa shape index (κ1) is 17.2. The van der Waals surface area contributed by atoms with Crippen molar-refractivity contribution in [3.63, 3.8) is 0 Å². The van der Waals surface area contributed by atoms with Crippen LogP contribution in [0, 0.1) is 0 Å². The molecule has 0 aromatic carbocycles. The van der Waals surface area contributed by atoms with Gasteiger partial charge in [0.2, 0.25) is 0 Å². The fourth-order valence-corrected chi connectivity index (χ4v) is 4.24. The van der Waals surface area contributed by atoms with Gasteiger partial charge in [-0.05, 0) is 53.7 Å². The second-order valence-corrected chi connectivity index (χ2v) is 6.57. The fourth-order valence-electron chi connectivity index (χ4n) is 2.68. The summed E-state index contributed by atoms with van der Waals surface area (Å²) < 4.78 is 7.38. The topological polar surface area (TPSA) is 21.3 Å². The normalized spacial score (nSPS) is 13.7. The van der Waals surface area contributed by atoms with Crippen LogP contribution < -0.4 is 5.32 Å². The van der Waals surface area contributed by atoms with Gasteiger partial charge >= 0.3 is 0 Å². The van der Waals surface area contributed by atoms with Crippen molar-refractivity contribution in [3.8, 4) is 0 Å². The lowest BCUT2D eigenvalue weighted by atomic mass is 9.85. The molecule has 0 aliphatic heterocycles. The van der Waals surface area contributed by atoms with Gasteiger partial charge in [0.15, 0.2) is 0 Å². The van der Waals surface area contributed by atoms with E-state index in [1.807, 2.05) is 11.3 Å². The molecule has 1 atom stereocenters. The van der Waals surface area contributed by atoms with E-state index < -0.39 is 0 Å². The van der Waals surface area contributed by atoms with E-state index >= 15 is 0 Å². The molecule has 0 bridgehead atoms. The second kappa shape index (κ2) is 8.40. The molecule has 0 radical (unpaired) electrons. The van der Waals surface area contributed by atoms with Crippen molar-refractivity contribution in [2.45, 2.75) is 58.6 Å². The number of halogens is 1. The zero-order chi connectivity index (χ0) is 14.3. The molecule has 1 aromatic rings. The predicted molar refractivity (Wildman–Crippen MR) is 88.1 cm³/mol. The lowest BCUT2D eigenvalue weighted by Gasteiger charge is -2.40. The molecule has 1 N–H and O–H groups in total. The molecule has 2 nitrogen and oxygen atoms in total. The molecule has 110 valence electrons. The Morgan fingerprint density at radius 3 is 2.42 bits per heavy atom. The third kappa shape index (κ3) is 4.28. The zero-order valence-corrected chi connectivity index (χ0v) is 14.9. The number of likely N-dealkylation sites (N-methyl/N-ethyl adjacent to an activating group) is 1. The average Bonchev–Trinajstić information content (AvgIpc) is 2.81. The van der Waals surface area contributed by atoms with Crippen LogP contribution in [0.4, 0.5) is 0 Å². The van der Waals surface area contributed by atoms with Crippen molar-refractivity contribution in [2.75, 3.05) is 13.2 Å².